The van der Waals surface area contributed by atoms with Crippen molar-refractivity contribution in [3.8, 4) is 0 Å². The van der Waals surface area contributed by atoms with Crippen LogP contribution in [0.25, 0.3) is 0 Å². The normalized spacial score (nSPS) is 28.4. The summed E-state index contributed by atoms with van der Waals surface area (Å²) < 4.78 is 16.5. The first-order valence-corrected chi connectivity index (χ1v) is 7.03. The van der Waals surface area contributed by atoms with E-state index < -0.39 is 0 Å². The second-order valence-corrected chi connectivity index (χ2v) is 5.17. The van der Waals surface area contributed by atoms with Gasteiger partial charge in [-0.3, -0.25) is 0 Å². The maximum atomic E-state index is 5.56. The molecule has 88 valence electrons. The lowest BCUT2D eigenvalue weighted by atomic mass is 10.3. The van der Waals surface area contributed by atoms with Crippen LogP contribution < -0.4 is 0 Å². The molecule has 0 radical (unpaired) electrons. The van der Waals surface area contributed by atoms with Gasteiger partial charge in [-0.2, -0.15) is 11.8 Å². The highest BCUT2D eigenvalue weighted by molar-refractivity contribution is 7.99. The van der Waals surface area contributed by atoms with Gasteiger partial charge in [0.1, 0.15) is 0 Å². The Hall–Kier alpha value is 0.230. The summed E-state index contributed by atoms with van der Waals surface area (Å²) in [6.45, 7) is 2.68. The third kappa shape index (κ3) is 4.31. The van der Waals surface area contributed by atoms with Crippen LogP contribution in [0.4, 0.5) is 0 Å². The summed E-state index contributed by atoms with van der Waals surface area (Å²) >= 11 is 1.96. The maximum absolute atomic E-state index is 5.56. The van der Waals surface area contributed by atoms with E-state index >= 15 is 0 Å². The van der Waals surface area contributed by atoms with Crippen LogP contribution in [-0.2, 0) is 14.2 Å². The smallest absolute Gasteiger partial charge is 0.158 e. The van der Waals surface area contributed by atoms with Crippen LogP contribution in [0.3, 0.4) is 0 Å². The number of rotatable bonds is 5. The van der Waals surface area contributed by atoms with Gasteiger partial charge in [0.25, 0.3) is 0 Å². The standard InChI is InChI=1S/C11H20O3S/c1-3-10(12-5-1)9-15-8-4-11-13-6-2-7-14-11/h10-11H,1-9H2. The minimum Gasteiger partial charge on any atom is -0.377 e. The number of hydrogen-bond acceptors (Lipinski definition) is 4. The van der Waals surface area contributed by atoms with Crippen molar-refractivity contribution >= 4 is 11.8 Å². The van der Waals surface area contributed by atoms with Gasteiger partial charge >= 0.3 is 0 Å². The number of ether oxygens (including phenoxy) is 3. The molecule has 2 saturated heterocycles. The average molecular weight is 232 g/mol. The SMILES string of the molecule is C1COC(CCSCC2CCCO2)OC1. The maximum Gasteiger partial charge on any atom is 0.158 e. The molecule has 2 heterocycles. The Labute approximate surface area is 95.8 Å². The number of hydrogen-bond donors (Lipinski definition) is 0. The molecule has 0 spiro atoms. The predicted octanol–water partition coefficient (Wildman–Crippen LogP) is 2.05. The molecule has 2 rings (SSSR count). The van der Waals surface area contributed by atoms with Crippen LogP contribution >= 0.6 is 11.8 Å². The van der Waals surface area contributed by atoms with E-state index in [2.05, 4.69) is 0 Å². The molecule has 1 unspecified atom stereocenters. The van der Waals surface area contributed by atoms with Gasteiger partial charge in [-0.15, -0.1) is 0 Å². The van der Waals surface area contributed by atoms with Crippen molar-refractivity contribution in [2.24, 2.45) is 0 Å². The minimum absolute atomic E-state index is 0.0516. The first-order valence-electron chi connectivity index (χ1n) is 5.88. The van der Waals surface area contributed by atoms with E-state index in [1.807, 2.05) is 11.8 Å². The monoisotopic (exact) mass is 232 g/mol. The fourth-order valence-corrected chi connectivity index (χ4v) is 2.92. The molecule has 0 aromatic rings. The highest BCUT2D eigenvalue weighted by Gasteiger charge is 2.16. The van der Waals surface area contributed by atoms with Crippen molar-refractivity contribution in [3.05, 3.63) is 0 Å². The molecule has 2 aliphatic heterocycles. The van der Waals surface area contributed by atoms with Gasteiger partial charge in [0.05, 0.1) is 19.3 Å². The summed E-state index contributed by atoms with van der Waals surface area (Å²) in [6, 6.07) is 0. The van der Waals surface area contributed by atoms with Crippen molar-refractivity contribution in [1.82, 2.24) is 0 Å². The van der Waals surface area contributed by atoms with Gasteiger partial charge in [0.2, 0.25) is 0 Å². The Morgan fingerprint density at radius 1 is 1.00 bits per heavy atom. The summed E-state index contributed by atoms with van der Waals surface area (Å²) in [5.74, 6) is 2.25. The molecule has 2 aliphatic rings. The Bertz CT molecular complexity index is 165. The second kappa shape index (κ2) is 6.74. The third-order valence-electron chi connectivity index (χ3n) is 2.72. The summed E-state index contributed by atoms with van der Waals surface area (Å²) in [4.78, 5) is 0. The first-order chi connectivity index (χ1) is 7.45. The Kier molecular flexibility index (Phi) is 5.26. The molecule has 0 amide bonds. The molecule has 0 aromatic carbocycles. The van der Waals surface area contributed by atoms with E-state index in [9.17, 15) is 0 Å². The van der Waals surface area contributed by atoms with Gasteiger partial charge in [-0.1, -0.05) is 0 Å². The van der Waals surface area contributed by atoms with Crippen LogP contribution in [0, 0.1) is 0 Å². The molecular formula is C11H20O3S. The van der Waals surface area contributed by atoms with Crippen molar-refractivity contribution in [2.75, 3.05) is 31.3 Å². The summed E-state index contributed by atoms with van der Waals surface area (Å²) in [5, 5.41) is 0. The molecule has 1 atom stereocenters. The zero-order chi connectivity index (χ0) is 10.3. The third-order valence-corrected chi connectivity index (χ3v) is 3.85. The Balaban J connectivity index is 1.47. The topological polar surface area (TPSA) is 27.7 Å². The van der Waals surface area contributed by atoms with Crippen molar-refractivity contribution < 1.29 is 14.2 Å². The van der Waals surface area contributed by atoms with Crippen LogP contribution in [0.5, 0.6) is 0 Å². The van der Waals surface area contributed by atoms with E-state index in [1.54, 1.807) is 0 Å². The van der Waals surface area contributed by atoms with Gasteiger partial charge in [0.15, 0.2) is 6.29 Å². The Morgan fingerprint density at radius 3 is 2.53 bits per heavy atom. The molecule has 0 aliphatic carbocycles. The molecular weight excluding hydrogens is 212 g/mol. The fraction of sp³-hybridized carbons (Fsp3) is 1.00. The van der Waals surface area contributed by atoms with Gasteiger partial charge in [0, 0.05) is 18.8 Å². The molecule has 0 N–H and O–H groups in total. The van der Waals surface area contributed by atoms with E-state index in [1.165, 1.54) is 12.8 Å². The molecule has 2 fully saturated rings. The van der Waals surface area contributed by atoms with Crippen LogP contribution in [-0.4, -0.2) is 43.7 Å². The van der Waals surface area contributed by atoms with Crippen LogP contribution in [0.15, 0.2) is 0 Å². The van der Waals surface area contributed by atoms with E-state index in [0.29, 0.717) is 6.10 Å². The summed E-state index contributed by atoms with van der Waals surface area (Å²) in [6.07, 6.45) is 5.08. The average Bonchev–Trinajstić information content (AvgIpc) is 2.79. The summed E-state index contributed by atoms with van der Waals surface area (Å²) in [7, 11) is 0. The summed E-state index contributed by atoms with van der Waals surface area (Å²) in [5.41, 5.74) is 0. The number of thioether (sulfide) groups is 1. The van der Waals surface area contributed by atoms with Gasteiger partial charge < -0.3 is 14.2 Å². The molecule has 0 saturated carbocycles. The highest BCUT2D eigenvalue weighted by atomic mass is 32.2. The molecule has 0 bridgehead atoms. The molecule has 0 aromatic heterocycles. The molecule has 15 heavy (non-hydrogen) atoms. The lowest BCUT2D eigenvalue weighted by molar-refractivity contribution is -0.178. The first kappa shape index (κ1) is 11.7. The zero-order valence-corrected chi connectivity index (χ0v) is 9.97. The second-order valence-electron chi connectivity index (χ2n) is 4.02. The van der Waals surface area contributed by atoms with E-state index in [-0.39, 0.29) is 6.29 Å². The van der Waals surface area contributed by atoms with Crippen molar-refractivity contribution in [1.29, 1.82) is 0 Å². The predicted molar refractivity (Wildman–Crippen MR) is 61.2 cm³/mol. The fourth-order valence-electron chi connectivity index (χ4n) is 1.87. The lowest BCUT2D eigenvalue weighted by Gasteiger charge is -2.23. The lowest BCUT2D eigenvalue weighted by Crippen LogP contribution is -2.25. The quantitative estimate of drug-likeness (QED) is 0.678. The largest absolute Gasteiger partial charge is 0.377 e. The van der Waals surface area contributed by atoms with Crippen molar-refractivity contribution in [2.45, 2.75) is 38.1 Å². The molecule has 3 nitrogen and oxygen atoms in total. The van der Waals surface area contributed by atoms with Crippen molar-refractivity contribution in [3.63, 3.8) is 0 Å². The van der Waals surface area contributed by atoms with Gasteiger partial charge in [-0.25, -0.2) is 0 Å². The van der Waals surface area contributed by atoms with Gasteiger partial charge in [-0.05, 0) is 25.0 Å². The minimum atomic E-state index is 0.0516. The Morgan fingerprint density at radius 2 is 1.80 bits per heavy atom. The van der Waals surface area contributed by atoms with E-state index in [0.717, 1.165) is 44.2 Å². The zero-order valence-electron chi connectivity index (χ0n) is 9.15. The van der Waals surface area contributed by atoms with Crippen LogP contribution in [0.2, 0.25) is 0 Å². The highest BCUT2D eigenvalue weighted by Crippen LogP contribution is 2.19. The van der Waals surface area contributed by atoms with E-state index in [4.69, 9.17) is 14.2 Å². The van der Waals surface area contributed by atoms with Crippen LogP contribution in [0.1, 0.15) is 25.7 Å². The molecule has 4 heteroatoms.